The van der Waals surface area contributed by atoms with Gasteiger partial charge >= 0.3 is 12.3 Å². The van der Waals surface area contributed by atoms with E-state index in [1.54, 1.807) is 71.0 Å². The highest BCUT2D eigenvalue weighted by atomic mass is 19.4. The molecule has 2 atom stereocenters. The third kappa shape index (κ3) is 12.5. The van der Waals surface area contributed by atoms with Gasteiger partial charge in [-0.25, -0.2) is 4.79 Å². The number of benzene rings is 3. The Balaban J connectivity index is 1.91. The standard InChI is InChI=1S/C38H47F3N4O5/c1-36(2,3)50-35(49)43-37(4,5)21-13-18-32(46)44(6)31(24-27-19-20-28-16-11-12-17-29(28)22-27)34(48)45(7)30(23-26-14-9-8-10-15-26)33(47)42-25-38(39,40)41/h8-20,22,30-31H,21,23-25H2,1-7H3,(H,42,47)(H,43,49)/b18-13+/t30-,31-/m1/s1. The van der Waals surface area contributed by atoms with Gasteiger partial charge in [-0.3, -0.25) is 14.4 Å². The second kappa shape index (κ2) is 16.7. The van der Waals surface area contributed by atoms with E-state index in [4.69, 9.17) is 4.74 Å². The Morgan fingerprint density at radius 1 is 0.780 bits per heavy atom. The van der Waals surface area contributed by atoms with Crippen molar-refractivity contribution >= 4 is 34.6 Å². The average molecular weight is 697 g/mol. The van der Waals surface area contributed by atoms with Crippen LogP contribution in [0.5, 0.6) is 0 Å². The molecule has 0 saturated heterocycles. The maximum atomic E-state index is 14.3. The molecule has 3 aromatic carbocycles. The predicted octanol–water partition coefficient (Wildman–Crippen LogP) is 6.21. The van der Waals surface area contributed by atoms with Crippen molar-refractivity contribution in [3.05, 3.63) is 96.1 Å². The van der Waals surface area contributed by atoms with E-state index in [0.29, 0.717) is 5.56 Å². The zero-order valence-electron chi connectivity index (χ0n) is 29.6. The molecule has 0 fully saturated rings. The van der Waals surface area contributed by atoms with Crippen LogP contribution in [0.1, 0.15) is 52.2 Å². The minimum atomic E-state index is -4.65. The van der Waals surface area contributed by atoms with Crippen LogP contribution in [0, 0.1) is 0 Å². The van der Waals surface area contributed by atoms with Crippen molar-refractivity contribution in [3.8, 4) is 0 Å². The van der Waals surface area contributed by atoms with Gasteiger partial charge in [-0.2, -0.15) is 13.2 Å². The van der Waals surface area contributed by atoms with Crippen molar-refractivity contribution in [2.45, 2.75) is 83.3 Å². The minimum absolute atomic E-state index is 0.0488. The summed E-state index contributed by atoms with van der Waals surface area (Å²) in [6.07, 6.45) is -2.09. The van der Waals surface area contributed by atoms with Crippen LogP contribution in [0.4, 0.5) is 18.0 Å². The van der Waals surface area contributed by atoms with Crippen molar-refractivity contribution in [1.29, 1.82) is 0 Å². The smallest absolute Gasteiger partial charge is 0.408 e. The SMILES string of the molecule is CN(C(=O)/C=C/CC(C)(C)NC(=O)OC(C)(C)C)[C@H](Cc1ccc2ccccc2c1)C(=O)N(C)[C@H](Cc1ccccc1)C(=O)NCC(F)(F)F. The number of carbonyl (C=O) groups excluding carboxylic acids is 4. The molecular formula is C38H47F3N4O5. The van der Waals surface area contributed by atoms with Crippen LogP contribution in [0.3, 0.4) is 0 Å². The number of alkyl carbamates (subject to hydrolysis) is 1. The quantitative estimate of drug-likeness (QED) is 0.207. The molecular weight excluding hydrogens is 649 g/mol. The van der Waals surface area contributed by atoms with Crippen LogP contribution in [0.15, 0.2) is 84.9 Å². The Bertz CT molecular complexity index is 1670. The number of rotatable bonds is 13. The summed E-state index contributed by atoms with van der Waals surface area (Å²) in [5, 5.41) is 6.60. The van der Waals surface area contributed by atoms with Gasteiger partial charge in [0.15, 0.2) is 0 Å². The first-order valence-corrected chi connectivity index (χ1v) is 16.3. The van der Waals surface area contributed by atoms with Crippen molar-refractivity contribution in [2.75, 3.05) is 20.6 Å². The maximum Gasteiger partial charge on any atom is 0.408 e. The van der Waals surface area contributed by atoms with Crippen molar-refractivity contribution < 1.29 is 37.1 Å². The molecule has 0 aliphatic heterocycles. The molecule has 270 valence electrons. The number of fused-ring (bicyclic) bond motifs is 1. The Hall–Kier alpha value is -4.87. The zero-order valence-corrected chi connectivity index (χ0v) is 29.6. The molecule has 0 heterocycles. The largest absolute Gasteiger partial charge is 0.444 e. The fourth-order valence-corrected chi connectivity index (χ4v) is 5.27. The summed E-state index contributed by atoms with van der Waals surface area (Å²) >= 11 is 0. The van der Waals surface area contributed by atoms with Gasteiger partial charge in [0.05, 0.1) is 0 Å². The summed E-state index contributed by atoms with van der Waals surface area (Å²) in [5.41, 5.74) is -0.0801. The van der Waals surface area contributed by atoms with Gasteiger partial charge in [-0.15, -0.1) is 0 Å². The normalized spacial score (nSPS) is 13.4. The molecule has 3 aromatic rings. The second-order valence-corrected chi connectivity index (χ2v) is 14.0. The molecule has 0 spiro atoms. The lowest BCUT2D eigenvalue weighted by molar-refractivity contribution is -0.149. The summed E-state index contributed by atoms with van der Waals surface area (Å²) < 4.78 is 44.5. The first-order valence-electron chi connectivity index (χ1n) is 16.3. The molecule has 0 aliphatic carbocycles. The van der Waals surface area contributed by atoms with E-state index in [1.807, 2.05) is 47.8 Å². The lowest BCUT2D eigenvalue weighted by Gasteiger charge is -2.34. The topological polar surface area (TPSA) is 108 Å². The van der Waals surface area contributed by atoms with Crippen LogP contribution in [0.2, 0.25) is 0 Å². The lowest BCUT2D eigenvalue weighted by Crippen LogP contribution is -2.56. The molecule has 3 rings (SSSR count). The van der Waals surface area contributed by atoms with Gasteiger partial charge in [0.1, 0.15) is 24.2 Å². The second-order valence-electron chi connectivity index (χ2n) is 14.0. The maximum absolute atomic E-state index is 14.3. The first-order chi connectivity index (χ1) is 23.2. The number of hydrogen-bond donors (Lipinski definition) is 2. The molecule has 0 bridgehead atoms. The number of ether oxygens (including phenoxy) is 1. The van der Waals surface area contributed by atoms with Crippen LogP contribution in [0.25, 0.3) is 10.8 Å². The first kappa shape index (κ1) is 39.6. The van der Waals surface area contributed by atoms with Crippen LogP contribution in [-0.2, 0) is 32.0 Å². The van der Waals surface area contributed by atoms with Gasteiger partial charge < -0.3 is 25.2 Å². The van der Waals surface area contributed by atoms with E-state index < -0.39 is 59.8 Å². The van der Waals surface area contributed by atoms with E-state index in [1.165, 1.54) is 25.1 Å². The van der Waals surface area contributed by atoms with E-state index in [-0.39, 0.29) is 19.3 Å². The van der Waals surface area contributed by atoms with Crippen molar-refractivity contribution in [2.24, 2.45) is 0 Å². The molecule has 4 amide bonds. The molecule has 12 heteroatoms. The van der Waals surface area contributed by atoms with E-state index in [9.17, 15) is 32.3 Å². The average Bonchev–Trinajstić information content (AvgIpc) is 3.02. The number of carbonyl (C=O) groups is 4. The van der Waals surface area contributed by atoms with Crippen molar-refractivity contribution in [3.63, 3.8) is 0 Å². The number of alkyl halides is 3. The van der Waals surface area contributed by atoms with E-state index >= 15 is 0 Å². The van der Waals surface area contributed by atoms with Gasteiger partial charge in [-0.1, -0.05) is 78.9 Å². The zero-order chi connectivity index (χ0) is 37.3. The highest BCUT2D eigenvalue weighted by Gasteiger charge is 2.36. The minimum Gasteiger partial charge on any atom is -0.444 e. The molecule has 0 radical (unpaired) electrons. The van der Waals surface area contributed by atoms with Crippen LogP contribution >= 0.6 is 0 Å². The van der Waals surface area contributed by atoms with Gasteiger partial charge in [0.25, 0.3) is 0 Å². The number of likely N-dealkylation sites (N-methyl/N-ethyl adjacent to an activating group) is 2. The third-order valence-electron chi connectivity index (χ3n) is 7.92. The summed E-state index contributed by atoms with van der Waals surface area (Å²) in [4.78, 5) is 55.8. The predicted molar refractivity (Wildman–Crippen MR) is 187 cm³/mol. The number of amides is 4. The Morgan fingerprint density at radius 3 is 2.00 bits per heavy atom. The van der Waals surface area contributed by atoms with Gasteiger partial charge in [0.2, 0.25) is 17.7 Å². The van der Waals surface area contributed by atoms with E-state index in [2.05, 4.69) is 5.32 Å². The number of nitrogens with zero attached hydrogens (tertiary/aromatic N) is 2. The summed E-state index contributed by atoms with van der Waals surface area (Å²) in [7, 11) is 2.82. The monoisotopic (exact) mass is 696 g/mol. The molecule has 0 unspecified atom stereocenters. The molecule has 0 saturated carbocycles. The van der Waals surface area contributed by atoms with Gasteiger partial charge in [-0.05, 0) is 69.0 Å². The van der Waals surface area contributed by atoms with Crippen molar-refractivity contribution in [1.82, 2.24) is 20.4 Å². The van der Waals surface area contributed by atoms with Crippen LogP contribution < -0.4 is 10.6 Å². The molecule has 0 aliphatic rings. The summed E-state index contributed by atoms with van der Waals surface area (Å²) in [5.74, 6) is -2.12. The fraction of sp³-hybridized carbons (Fsp3) is 0.421. The molecule has 9 nitrogen and oxygen atoms in total. The highest BCUT2D eigenvalue weighted by Crippen LogP contribution is 2.21. The lowest BCUT2D eigenvalue weighted by atomic mass is 9.98. The molecule has 2 N–H and O–H groups in total. The Labute approximate surface area is 291 Å². The fourth-order valence-electron chi connectivity index (χ4n) is 5.27. The summed E-state index contributed by atoms with van der Waals surface area (Å²) in [6.45, 7) is 7.24. The van der Waals surface area contributed by atoms with Gasteiger partial charge in [0, 0.05) is 32.5 Å². The molecule has 0 aromatic heterocycles. The summed E-state index contributed by atoms with van der Waals surface area (Å²) in [6, 6.07) is 19.6. The Morgan fingerprint density at radius 2 is 1.38 bits per heavy atom. The van der Waals surface area contributed by atoms with Crippen LogP contribution in [-0.4, -0.2) is 83.7 Å². The highest BCUT2D eigenvalue weighted by molar-refractivity contribution is 5.95. The molecule has 50 heavy (non-hydrogen) atoms. The number of halogens is 3. The number of hydrogen-bond acceptors (Lipinski definition) is 5. The third-order valence-corrected chi connectivity index (χ3v) is 7.92. The number of nitrogens with one attached hydrogen (secondary N) is 2. The van der Waals surface area contributed by atoms with E-state index in [0.717, 1.165) is 21.2 Å². The Kier molecular flexibility index (Phi) is 13.2.